The molecular formula is C13H10ClN5O2. The molecule has 0 aliphatic carbocycles. The van der Waals surface area contributed by atoms with Crippen LogP contribution in [0, 0.1) is 0 Å². The van der Waals surface area contributed by atoms with Crippen LogP contribution in [0.25, 0.3) is 5.78 Å². The van der Waals surface area contributed by atoms with Gasteiger partial charge in [0.2, 0.25) is 5.82 Å². The number of aromatic nitrogens is 4. The van der Waals surface area contributed by atoms with Crippen molar-refractivity contribution < 1.29 is 9.53 Å². The van der Waals surface area contributed by atoms with Gasteiger partial charge < -0.3 is 10.1 Å². The number of amides is 1. The number of nitrogens with zero attached hydrogens (tertiary/aromatic N) is 4. The lowest BCUT2D eigenvalue weighted by molar-refractivity contribution is 0.101. The van der Waals surface area contributed by atoms with Gasteiger partial charge in [-0.15, -0.1) is 5.10 Å². The summed E-state index contributed by atoms with van der Waals surface area (Å²) < 4.78 is 6.48. The lowest BCUT2D eigenvalue weighted by Gasteiger charge is -2.06. The lowest BCUT2D eigenvalue weighted by Crippen LogP contribution is -2.13. The van der Waals surface area contributed by atoms with Gasteiger partial charge in [-0.05, 0) is 24.3 Å². The zero-order chi connectivity index (χ0) is 14.8. The van der Waals surface area contributed by atoms with Crippen LogP contribution in [-0.4, -0.2) is 32.6 Å². The second-order valence-corrected chi connectivity index (χ2v) is 4.51. The average Bonchev–Trinajstić information content (AvgIpc) is 2.91. The van der Waals surface area contributed by atoms with Crippen molar-refractivity contribution in [2.24, 2.45) is 0 Å². The summed E-state index contributed by atoms with van der Waals surface area (Å²) in [4.78, 5) is 20.1. The third-order valence-corrected chi connectivity index (χ3v) is 3.02. The summed E-state index contributed by atoms with van der Waals surface area (Å²) in [5, 5.41) is 7.11. The average molecular weight is 304 g/mol. The first-order valence-electron chi connectivity index (χ1n) is 5.99. The van der Waals surface area contributed by atoms with E-state index in [1.54, 1.807) is 36.7 Å². The summed E-state index contributed by atoms with van der Waals surface area (Å²) in [6.07, 6.45) is 3.24. The van der Waals surface area contributed by atoms with E-state index in [0.29, 0.717) is 22.2 Å². The molecule has 0 atom stereocenters. The Morgan fingerprint density at radius 2 is 2.29 bits per heavy atom. The molecule has 0 saturated heterocycles. The first kappa shape index (κ1) is 13.3. The van der Waals surface area contributed by atoms with Crippen LogP contribution < -0.4 is 10.1 Å². The Kier molecular flexibility index (Phi) is 3.41. The summed E-state index contributed by atoms with van der Waals surface area (Å²) in [5.41, 5.74) is 0.526. The molecule has 21 heavy (non-hydrogen) atoms. The minimum absolute atomic E-state index is 0.0284. The molecule has 0 radical (unpaired) electrons. The van der Waals surface area contributed by atoms with Crippen LogP contribution in [0.1, 0.15) is 10.6 Å². The van der Waals surface area contributed by atoms with Gasteiger partial charge >= 0.3 is 0 Å². The quantitative estimate of drug-likeness (QED) is 0.800. The minimum atomic E-state index is -0.443. The highest BCUT2D eigenvalue weighted by Gasteiger charge is 2.14. The van der Waals surface area contributed by atoms with E-state index < -0.39 is 5.91 Å². The molecule has 0 spiro atoms. The fraction of sp³-hybridized carbons (Fsp3) is 0.0769. The number of ether oxygens (including phenoxy) is 1. The number of rotatable bonds is 3. The fourth-order valence-electron chi connectivity index (χ4n) is 1.76. The third-order valence-electron chi connectivity index (χ3n) is 2.73. The summed E-state index contributed by atoms with van der Waals surface area (Å²) in [6, 6.07) is 6.63. The number of benzene rings is 1. The van der Waals surface area contributed by atoms with Gasteiger partial charge in [0.05, 0.1) is 12.1 Å². The monoisotopic (exact) mass is 303 g/mol. The number of carbonyl (C=O) groups is 1. The van der Waals surface area contributed by atoms with Gasteiger partial charge in [-0.25, -0.2) is 9.50 Å². The molecule has 106 valence electrons. The zero-order valence-corrected chi connectivity index (χ0v) is 11.7. The van der Waals surface area contributed by atoms with Crippen LogP contribution in [-0.2, 0) is 0 Å². The zero-order valence-electron chi connectivity index (χ0n) is 10.9. The molecule has 0 unspecified atom stereocenters. The van der Waals surface area contributed by atoms with Crippen molar-refractivity contribution in [2.75, 3.05) is 12.4 Å². The molecule has 0 bridgehead atoms. The number of halogens is 1. The number of nitrogens with one attached hydrogen (secondary N) is 1. The molecule has 3 aromatic rings. The van der Waals surface area contributed by atoms with Gasteiger partial charge in [0.25, 0.3) is 11.7 Å². The summed E-state index contributed by atoms with van der Waals surface area (Å²) in [7, 11) is 1.52. The van der Waals surface area contributed by atoms with E-state index in [0.717, 1.165) is 0 Å². The highest BCUT2D eigenvalue weighted by atomic mass is 35.5. The number of hydrogen-bond donors (Lipinski definition) is 1. The van der Waals surface area contributed by atoms with Crippen molar-refractivity contribution in [1.29, 1.82) is 0 Å². The highest BCUT2D eigenvalue weighted by Crippen LogP contribution is 2.27. The van der Waals surface area contributed by atoms with Crippen molar-refractivity contribution in [1.82, 2.24) is 19.6 Å². The molecule has 2 heterocycles. The van der Waals surface area contributed by atoms with Crippen molar-refractivity contribution in [3.05, 3.63) is 47.5 Å². The molecule has 8 heteroatoms. The first-order valence-corrected chi connectivity index (χ1v) is 6.37. The molecule has 1 amide bonds. The van der Waals surface area contributed by atoms with E-state index in [4.69, 9.17) is 16.3 Å². The summed E-state index contributed by atoms with van der Waals surface area (Å²) in [5.74, 6) is 0.475. The highest BCUT2D eigenvalue weighted by molar-refractivity contribution is 6.32. The van der Waals surface area contributed by atoms with Crippen molar-refractivity contribution in [3.8, 4) is 5.75 Å². The maximum Gasteiger partial charge on any atom is 0.295 e. The predicted molar refractivity (Wildman–Crippen MR) is 76.7 cm³/mol. The number of methoxy groups -OCH3 is 1. The van der Waals surface area contributed by atoms with E-state index in [-0.39, 0.29) is 5.82 Å². The Hall–Kier alpha value is -2.67. The molecule has 2 aromatic heterocycles. The number of fused-ring (bicyclic) bond motifs is 1. The van der Waals surface area contributed by atoms with Crippen LogP contribution in [0.4, 0.5) is 5.69 Å². The SMILES string of the molecule is COc1ccc(NC(=O)c2nc3ncccn3n2)cc1Cl. The first-order chi connectivity index (χ1) is 10.2. The Morgan fingerprint density at radius 1 is 1.43 bits per heavy atom. The van der Waals surface area contributed by atoms with Crippen LogP contribution in [0.5, 0.6) is 5.75 Å². The maximum atomic E-state index is 12.1. The van der Waals surface area contributed by atoms with Crippen molar-refractivity contribution in [2.45, 2.75) is 0 Å². The molecule has 1 N–H and O–H groups in total. The van der Waals surface area contributed by atoms with Gasteiger partial charge in [-0.2, -0.15) is 4.98 Å². The molecule has 0 fully saturated rings. The molecule has 0 aliphatic rings. The molecule has 1 aromatic carbocycles. The van der Waals surface area contributed by atoms with Gasteiger partial charge in [-0.3, -0.25) is 4.79 Å². The van der Waals surface area contributed by atoms with Crippen molar-refractivity contribution >= 4 is 29.0 Å². The second-order valence-electron chi connectivity index (χ2n) is 4.10. The van der Waals surface area contributed by atoms with Gasteiger partial charge in [-0.1, -0.05) is 11.6 Å². The third kappa shape index (κ3) is 2.63. The Balaban J connectivity index is 1.84. The number of carbonyl (C=O) groups excluding carboxylic acids is 1. The fourth-order valence-corrected chi connectivity index (χ4v) is 2.02. The summed E-state index contributed by atoms with van der Waals surface area (Å²) in [6.45, 7) is 0. The van der Waals surface area contributed by atoms with E-state index in [2.05, 4.69) is 20.4 Å². The topological polar surface area (TPSA) is 81.4 Å². The van der Waals surface area contributed by atoms with Crippen LogP contribution in [0.15, 0.2) is 36.7 Å². The number of anilines is 1. The standard InChI is InChI=1S/C13H10ClN5O2/c1-21-10-4-3-8(7-9(10)14)16-12(20)11-17-13-15-5-2-6-19(13)18-11/h2-7H,1H3,(H,16,20). The van der Waals surface area contributed by atoms with Gasteiger partial charge in [0.15, 0.2) is 0 Å². The maximum absolute atomic E-state index is 12.1. The van der Waals surface area contributed by atoms with Crippen LogP contribution >= 0.6 is 11.6 Å². The second kappa shape index (κ2) is 5.37. The number of hydrogen-bond acceptors (Lipinski definition) is 5. The minimum Gasteiger partial charge on any atom is -0.495 e. The van der Waals surface area contributed by atoms with E-state index in [1.807, 2.05) is 0 Å². The van der Waals surface area contributed by atoms with Gasteiger partial charge in [0.1, 0.15) is 5.75 Å². The predicted octanol–water partition coefficient (Wildman–Crippen LogP) is 2.04. The molecule has 3 rings (SSSR count). The molecule has 0 saturated carbocycles. The van der Waals surface area contributed by atoms with Gasteiger partial charge in [0, 0.05) is 18.1 Å². The smallest absolute Gasteiger partial charge is 0.295 e. The van der Waals surface area contributed by atoms with E-state index >= 15 is 0 Å². The van der Waals surface area contributed by atoms with Crippen molar-refractivity contribution in [3.63, 3.8) is 0 Å². The Labute approximate surface area is 124 Å². The Bertz CT molecular complexity index is 784. The molecular weight excluding hydrogens is 294 g/mol. The largest absolute Gasteiger partial charge is 0.495 e. The normalized spacial score (nSPS) is 10.6. The lowest BCUT2D eigenvalue weighted by atomic mass is 10.3. The van der Waals surface area contributed by atoms with E-state index in [9.17, 15) is 4.79 Å². The van der Waals surface area contributed by atoms with E-state index in [1.165, 1.54) is 11.6 Å². The summed E-state index contributed by atoms with van der Waals surface area (Å²) >= 11 is 6.00. The molecule has 7 nitrogen and oxygen atoms in total. The Morgan fingerprint density at radius 3 is 3.00 bits per heavy atom. The van der Waals surface area contributed by atoms with Crippen LogP contribution in [0.2, 0.25) is 5.02 Å². The van der Waals surface area contributed by atoms with Crippen LogP contribution in [0.3, 0.4) is 0 Å². The molecule has 0 aliphatic heterocycles.